The van der Waals surface area contributed by atoms with Gasteiger partial charge in [0.05, 0.1) is 16.6 Å². The molecule has 1 unspecified atom stereocenters. The zero-order valence-corrected chi connectivity index (χ0v) is 18.3. The first-order valence-corrected chi connectivity index (χ1v) is 12.0. The quantitative estimate of drug-likeness (QED) is 0.678. The maximum absolute atomic E-state index is 13.5. The van der Waals surface area contributed by atoms with Crippen LogP contribution in [0.4, 0.5) is 14.5 Å². The first-order chi connectivity index (χ1) is 14.2. The molecule has 1 atom stereocenters. The number of sulfonamides is 1. The van der Waals surface area contributed by atoms with Crippen LogP contribution in [-0.2, 0) is 14.8 Å². The summed E-state index contributed by atoms with van der Waals surface area (Å²) in [7, 11) is -3.93. The third kappa shape index (κ3) is 4.83. The summed E-state index contributed by atoms with van der Waals surface area (Å²) < 4.78 is 53.2. The van der Waals surface area contributed by atoms with E-state index in [1.54, 1.807) is 6.92 Å². The molecule has 2 aromatic rings. The summed E-state index contributed by atoms with van der Waals surface area (Å²) >= 11 is 1.54. The number of benzene rings is 2. The molecule has 6 nitrogen and oxygen atoms in total. The molecule has 0 radical (unpaired) electrons. The number of nitrogens with one attached hydrogen (secondary N) is 1. The minimum atomic E-state index is -3.93. The van der Waals surface area contributed by atoms with Crippen molar-refractivity contribution in [1.29, 1.82) is 0 Å². The van der Waals surface area contributed by atoms with Crippen molar-refractivity contribution in [2.45, 2.75) is 22.8 Å². The number of anilines is 1. The third-order valence-corrected chi connectivity index (χ3v) is 7.78. The molecule has 0 spiro atoms. The Morgan fingerprint density at radius 1 is 1.07 bits per heavy atom. The second-order valence-electron chi connectivity index (χ2n) is 6.88. The Labute approximate surface area is 179 Å². The highest BCUT2D eigenvalue weighted by atomic mass is 32.2. The summed E-state index contributed by atoms with van der Waals surface area (Å²) in [5, 5.41) is 2.93. The smallest absolute Gasteiger partial charge is 0.243 e. The molecular weight excluding hydrogens is 432 g/mol. The van der Waals surface area contributed by atoms with Crippen molar-refractivity contribution in [3.05, 3.63) is 54.1 Å². The van der Waals surface area contributed by atoms with Crippen molar-refractivity contribution in [1.82, 2.24) is 9.21 Å². The second kappa shape index (κ2) is 9.42. The fourth-order valence-corrected chi connectivity index (χ4v) is 5.26. The van der Waals surface area contributed by atoms with Crippen molar-refractivity contribution in [2.75, 3.05) is 37.8 Å². The second-order valence-corrected chi connectivity index (χ2v) is 9.67. The zero-order valence-electron chi connectivity index (χ0n) is 16.6. The first-order valence-electron chi connectivity index (χ1n) is 9.37. The lowest BCUT2D eigenvalue weighted by molar-refractivity contribution is -0.121. The van der Waals surface area contributed by atoms with Crippen LogP contribution in [0.5, 0.6) is 0 Å². The molecule has 2 aromatic carbocycles. The SMILES string of the molecule is CSc1ccccc1NC(=O)C(C)N1CCN(S(=O)(=O)c2ccc(F)c(F)c2)CC1. The molecule has 10 heteroatoms. The van der Waals surface area contributed by atoms with Gasteiger partial charge >= 0.3 is 0 Å². The Morgan fingerprint density at radius 2 is 1.73 bits per heavy atom. The topological polar surface area (TPSA) is 69.7 Å². The molecular formula is C20H23F2N3O3S2. The van der Waals surface area contributed by atoms with Crippen LogP contribution in [-0.4, -0.2) is 62.0 Å². The molecule has 1 aliphatic rings. The predicted molar refractivity (Wildman–Crippen MR) is 113 cm³/mol. The highest BCUT2D eigenvalue weighted by molar-refractivity contribution is 7.98. The fourth-order valence-electron chi connectivity index (χ4n) is 3.27. The van der Waals surface area contributed by atoms with Crippen molar-refractivity contribution in [3.63, 3.8) is 0 Å². The van der Waals surface area contributed by atoms with Crippen molar-refractivity contribution >= 4 is 33.4 Å². The van der Waals surface area contributed by atoms with E-state index in [1.807, 2.05) is 35.4 Å². The Bertz CT molecular complexity index is 1030. The van der Waals surface area contributed by atoms with E-state index in [4.69, 9.17) is 0 Å². The van der Waals surface area contributed by atoms with Gasteiger partial charge in [-0.05, 0) is 43.5 Å². The number of para-hydroxylation sites is 1. The maximum atomic E-state index is 13.5. The number of thioether (sulfide) groups is 1. The molecule has 0 saturated carbocycles. The van der Waals surface area contributed by atoms with E-state index in [9.17, 15) is 22.0 Å². The number of piperazine rings is 1. The van der Waals surface area contributed by atoms with Crippen LogP contribution >= 0.6 is 11.8 Å². The Balaban J connectivity index is 1.63. The average Bonchev–Trinajstić information content (AvgIpc) is 2.75. The molecule has 162 valence electrons. The standard InChI is InChI=1S/C20H23F2N3O3S2/c1-14(20(26)23-18-5-3-4-6-19(18)29-2)24-9-11-25(12-10-24)30(27,28)15-7-8-16(21)17(22)13-15/h3-8,13-14H,9-12H2,1-2H3,(H,23,26). The van der Waals surface area contributed by atoms with Gasteiger partial charge in [0.15, 0.2) is 11.6 Å². The van der Waals surface area contributed by atoms with Gasteiger partial charge in [-0.2, -0.15) is 4.31 Å². The Hall–Kier alpha value is -2.01. The lowest BCUT2D eigenvalue weighted by atomic mass is 10.2. The van der Waals surface area contributed by atoms with Crippen LogP contribution in [0.3, 0.4) is 0 Å². The first kappa shape index (κ1) is 22.7. The van der Waals surface area contributed by atoms with E-state index >= 15 is 0 Å². The van der Waals surface area contributed by atoms with E-state index in [1.165, 1.54) is 16.1 Å². The largest absolute Gasteiger partial charge is 0.324 e. The molecule has 1 amide bonds. The van der Waals surface area contributed by atoms with Gasteiger partial charge in [-0.3, -0.25) is 9.69 Å². The van der Waals surface area contributed by atoms with Crippen molar-refractivity contribution < 1.29 is 22.0 Å². The number of halogens is 2. The lowest BCUT2D eigenvalue weighted by Crippen LogP contribution is -2.53. The third-order valence-electron chi connectivity index (χ3n) is 5.09. The number of hydrogen-bond donors (Lipinski definition) is 1. The minimum Gasteiger partial charge on any atom is -0.324 e. The molecule has 1 N–H and O–H groups in total. The molecule has 0 aromatic heterocycles. The van der Waals surface area contributed by atoms with Crippen LogP contribution in [0.2, 0.25) is 0 Å². The molecule has 1 heterocycles. The van der Waals surface area contributed by atoms with Crippen molar-refractivity contribution in [3.8, 4) is 0 Å². The maximum Gasteiger partial charge on any atom is 0.243 e. The van der Waals surface area contributed by atoms with E-state index in [2.05, 4.69) is 5.32 Å². The predicted octanol–water partition coefficient (Wildman–Crippen LogP) is 3.02. The van der Waals surface area contributed by atoms with Crippen molar-refractivity contribution in [2.24, 2.45) is 0 Å². The van der Waals surface area contributed by atoms with E-state index in [0.29, 0.717) is 19.2 Å². The summed E-state index contributed by atoms with van der Waals surface area (Å²) in [5.41, 5.74) is 0.737. The van der Waals surface area contributed by atoms with Crippen LogP contribution in [0.15, 0.2) is 52.3 Å². The summed E-state index contributed by atoms with van der Waals surface area (Å²) in [5.74, 6) is -2.47. The number of rotatable bonds is 6. The van der Waals surface area contributed by atoms with E-state index in [-0.39, 0.29) is 23.9 Å². The van der Waals surface area contributed by atoms with Gasteiger partial charge in [-0.25, -0.2) is 17.2 Å². The van der Waals surface area contributed by atoms with Gasteiger partial charge in [-0.15, -0.1) is 11.8 Å². The fraction of sp³-hybridized carbons (Fsp3) is 0.350. The number of amides is 1. The van der Waals surface area contributed by atoms with Crippen LogP contribution in [0, 0.1) is 11.6 Å². The number of hydrogen-bond acceptors (Lipinski definition) is 5. The minimum absolute atomic E-state index is 0.153. The summed E-state index contributed by atoms with van der Waals surface area (Å²) in [6.45, 7) is 2.78. The zero-order chi connectivity index (χ0) is 21.9. The highest BCUT2D eigenvalue weighted by Crippen LogP contribution is 2.25. The van der Waals surface area contributed by atoms with Crippen LogP contribution in [0.25, 0.3) is 0 Å². The van der Waals surface area contributed by atoms with Gasteiger partial charge in [-0.1, -0.05) is 12.1 Å². The van der Waals surface area contributed by atoms with Crippen LogP contribution < -0.4 is 5.32 Å². The van der Waals surface area contributed by atoms with E-state index < -0.39 is 27.7 Å². The number of carbonyl (C=O) groups excluding carboxylic acids is 1. The molecule has 1 aliphatic heterocycles. The summed E-state index contributed by atoms with van der Waals surface area (Å²) in [6.07, 6.45) is 1.93. The molecule has 3 rings (SSSR count). The molecule has 0 bridgehead atoms. The van der Waals surface area contributed by atoms with Gasteiger partial charge in [0.25, 0.3) is 0 Å². The molecule has 30 heavy (non-hydrogen) atoms. The van der Waals surface area contributed by atoms with Gasteiger partial charge in [0.2, 0.25) is 15.9 Å². The van der Waals surface area contributed by atoms with Gasteiger partial charge < -0.3 is 5.32 Å². The highest BCUT2D eigenvalue weighted by Gasteiger charge is 2.32. The van der Waals surface area contributed by atoms with Gasteiger partial charge in [0, 0.05) is 31.1 Å². The normalized spacial score (nSPS) is 16.9. The summed E-state index contributed by atoms with van der Waals surface area (Å²) in [6, 6.07) is 9.61. The molecule has 1 saturated heterocycles. The molecule has 1 fully saturated rings. The monoisotopic (exact) mass is 455 g/mol. The molecule has 0 aliphatic carbocycles. The Kier molecular flexibility index (Phi) is 7.12. The average molecular weight is 456 g/mol. The lowest BCUT2D eigenvalue weighted by Gasteiger charge is -2.36. The summed E-state index contributed by atoms with van der Waals surface area (Å²) in [4.78, 5) is 15.3. The number of nitrogens with zero attached hydrogens (tertiary/aromatic N) is 2. The van der Waals surface area contributed by atoms with Crippen LogP contribution in [0.1, 0.15) is 6.92 Å². The van der Waals surface area contributed by atoms with Gasteiger partial charge in [0.1, 0.15) is 0 Å². The Morgan fingerprint density at radius 3 is 2.37 bits per heavy atom. The van der Waals surface area contributed by atoms with E-state index in [0.717, 1.165) is 22.7 Å². The number of carbonyl (C=O) groups is 1.